The Hall–Kier alpha value is -2.27. The number of nitrogens with one attached hydrogen (secondary N) is 1. The lowest BCUT2D eigenvalue weighted by Crippen LogP contribution is -2.38. The molecule has 2 aromatic rings. The molecule has 0 aliphatic heterocycles. The average molecular weight is 470 g/mol. The fourth-order valence-corrected chi connectivity index (χ4v) is 4.36. The van der Waals surface area contributed by atoms with Gasteiger partial charge in [0.15, 0.2) is 5.12 Å². The normalized spacial score (nSPS) is 11.7. The second-order valence-electron chi connectivity index (χ2n) is 8.50. The molecule has 1 N–H and O–H groups in total. The van der Waals surface area contributed by atoms with Crippen LogP contribution in [-0.4, -0.2) is 29.4 Å². The second kappa shape index (κ2) is 17.2. The van der Waals surface area contributed by atoms with Crippen LogP contribution >= 0.6 is 11.8 Å². The molecule has 0 aliphatic rings. The van der Waals surface area contributed by atoms with Crippen LogP contribution in [0.4, 0.5) is 0 Å². The summed E-state index contributed by atoms with van der Waals surface area (Å²) in [4.78, 5) is 23.8. The molecule has 0 saturated heterocycles. The number of hydrogen-bond acceptors (Lipinski definition) is 4. The van der Waals surface area contributed by atoms with Crippen LogP contribution in [0.3, 0.4) is 0 Å². The maximum atomic E-state index is 12.4. The number of hydrogen-bond donors (Lipinski definition) is 1. The molecule has 180 valence electrons. The fourth-order valence-electron chi connectivity index (χ4n) is 3.72. The van der Waals surface area contributed by atoms with Crippen LogP contribution in [0.5, 0.6) is 5.75 Å². The van der Waals surface area contributed by atoms with Crippen molar-refractivity contribution in [2.24, 2.45) is 0 Å². The molecule has 2 rings (SSSR count). The number of ether oxygens (including phenoxy) is 1. The first kappa shape index (κ1) is 27.0. The molecule has 2 aromatic carbocycles. The summed E-state index contributed by atoms with van der Waals surface area (Å²) in [6.07, 6.45) is 10.5. The van der Waals surface area contributed by atoms with Gasteiger partial charge in [0.25, 0.3) is 0 Å². The predicted octanol–water partition coefficient (Wildman–Crippen LogP) is 6.58. The first-order valence-corrected chi connectivity index (χ1v) is 13.3. The van der Waals surface area contributed by atoms with Crippen molar-refractivity contribution in [2.45, 2.75) is 77.2 Å². The van der Waals surface area contributed by atoms with Gasteiger partial charge in [-0.15, -0.1) is 0 Å². The first-order chi connectivity index (χ1) is 16.1. The van der Waals surface area contributed by atoms with E-state index in [-0.39, 0.29) is 17.1 Å². The molecule has 4 nitrogen and oxygen atoms in total. The zero-order valence-corrected chi connectivity index (χ0v) is 20.8. The number of unbranched alkanes of at least 4 members (excludes halogenated alkanes) is 7. The van der Waals surface area contributed by atoms with E-state index >= 15 is 0 Å². The molecule has 0 bridgehead atoms. The van der Waals surface area contributed by atoms with Crippen molar-refractivity contribution in [2.75, 3.05) is 12.4 Å². The van der Waals surface area contributed by atoms with Crippen LogP contribution in [0.1, 0.15) is 70.3 Å². The van der Waals surface area contributed by atoms with Gasteiger partial charge >= 0.3 is 0 Å². The fraction of sp³-hybridized carbons (Fsp3) is 0.500. The van der Waals surface area contributed by atoms with E-state index in [1.165, 1.54) is 49.4 Å². The highest BCUT2D eigenvalue weighted by molar-refractivity contribution is 8.13. The maximum absolute atomic E-state index is 12.4. The van der Waals surface area contributed by atoms with Gasteiger partial charge < -0.3 is 10.1 Å². The Labute approximate surface area is 203 Å². The Morgan fingerprint density at radius 2 is 1.39 bits per heavy atom. The topological polar surface area (TPSA) is 55.4 Å². The third kappa shape index (κ3) is 13.8. The third-order valence-corrected chi connectivity index (χ3v) is 6.46. The number of rotatable bonds is 17. The number of benzene rings is 2. The molecular formula is C28H39NO3S. The van der Waals surface area contributed by atoms with Gasteiger partial charge in [0.2, 0.25) is 5.91 Å². The van der Waals surface area contributed by atoms with Gasteiger partial charge in [-0.25, -0.2) is 0 Å². The molecule has 33 heavy (non-hydrogen) atoms. The van der Waals surface area contributed by atoms with Crippen LogP contribution in [-0.2, 0) is 16.0 Å². The first-order valence-electron chi connectivity index (χ1n) is 12.3. The van der Waals surface area contributed by atoms with E-state index in [0.717, 1.165) is 38.0 Å². The highest BCUT2D eigenvalue weighted by Gasteiger charge is 2.14. The molecule has 5 heteroatoms. The third-order valence-electron chi connectivity index (χ3n) is 5.49. The molecule has 0 heterocycles. The van der Waals surface area contributed by atoms with Gasteiger partial charge in [-0.05, 0) is 37.0 Å². The van der Waals surface area contributed by atoms with Crippen molar-refractivity contribution in [1.82, 2.24) is 5.32 Å². The number of para-hydroxylation sites is 1. The van der Waals surface area contributed by atoms with E-state index < -0.39 is 0 Å². The van der Waals surface area contributed by atoms with Crippen LogP contribution in [0, 0.1) is 0 Å². The Bertz CT molecular complexity index is 782. The molecule has 0 aliphatic carbocycles. The largest absolute Gasteiger partial charge is 0.494 e. The minimum atomic E-state index is -0.0142. The summed E-state index contributed by atoms with van der Waals surface area (Å²) in [6, 6.07) is 20.1. The van der Waals surface area contributed by atoms with Crippen molar-refractivity contribution in [1.29, 1.82) is 0 Å². The van der Waals surface area contributed by atoms with Gasteiger partial charge in [-0.1, -0.05) is 98.8 Å². The van der Waals surface area contributed by atoms with Crippen molar-refractivity contribution >= 4 is 22.8 Å². The van der Waals surface area contributed by atoms with Gasteiger partial charge in [0.05, 0.1) is 6.61 Å². The lowest BCUT2D eigenvalue weighted by Gasteiger charge is -2.18. The average Bonchev–Trinajstić information content (AvgIpc) is 2.82. The standard InChI is InChI=1S/C28H39NO3S/c1-24(30)33-23-26(22-25-16-10-8-11-17-25)29-28(31)20-14-6-4-2-3-5-7-15-21-32-27-18-12-9-13-19-27/h8-13,16-19,26H,2-7,14-15,20-23H2,1H3,(H,29,31)/t26-/m1/s1. The van der Waals surface area contributed by atoms with E-state index in [0.29, 0.717) is 12.2 Å². The Morgan fingerprint density at radius 1 is 0.818 bits per heavy atom. The molecule has 1 atom stereocenters. The van der Waals surface area contributed by atoms with Gasteiger partial charge in [-0.3, -0.25) is 9.59 Å². The van der Waals surface area contributed by atoms with Crippen LogP contribution in [0.2, 0.25) is 0 Å². The van der Waals surface area contributed by atoms with E-state index in [4.69, 9.17) is 4.74 Å². The van der Waals surface area contributed by atoms with Crippen molar-refractivity contribution in [3.63, 3.8) is 0 Å². The smallest absolute Gasteiger partial charge is 0.220 e. The molecule has 1 amide bonds. The van der Waals surface area contributed by atoms with Crippen molar-refractivity contribution < 1.29 is 14.3 Å². The summed E-state index contributed by atoms with van der Waals surface area (Å²) in [5.74, 6) is 1.66. The van der Waals surface area contributed by atoms with Crippen LogP contribution in [0.15, 0.2) is 60.7 Å². The number of thioether (sulfide) groups is 1. The van der Waals surface area contributed by atoms with E-state index in [1.54, 1.807) is 6.92 Å². The van der Waals surface area contributed by atoms with Crippen LogP contribution < -0.4 is 10.1 Å². The van der Waals surface area contributed by atoms with Gasteiger partial charge in [-0.2, -0.15) is 0 Å². The summed E-state index contributed by atoms with van der Waals surface area (Å²) >= 11 is 1.28. The number of carbonyl (C=O) groups excluding carboxylic acids is 2. The molecule has 0 radical (unpaired) electrons. The Morgan fingerprint density at radius 3 is 2.03 bits per heavy atom. The lowest BCUT2D eigenvalue weighted by molar-refractivity contribution is -0.121. The minimum Gasteiger partial charge on any atom is -0.494 e. The zero-order valence-electron chi connectivity index (χ0n) is 20.0. The molecule has 0 aromatic heterocycles. The number of carbonyl (C=O) groups is 2. The van der Waals surface area contributed by atoms with E-state index in [1.807, 2.05) is 48.5 Å². The highest BCUT2D eigenvalue weighted by atomic mass is 32.2. The summed E-state index contributed by atoms with van der Waals surface area (Å²) < 4.78 is 5.72. The van der Waals surface area contributed by atoms with E-state index in [2.05, 4.69) is 17.4 Å². The monoisotopic (exact) mass is 469 g/mol. The van der Waals surface area contributed by atoms with Gasteiger partial charge in [0.1, 0.15) is 5.75 Å². The zero-order chi connectivity index (χ0) is 23.6. The summed E-state index contributed by atoms with van der Waals surface area (Å²) in [5.41, 5.74) is 1.18. The van der Waals surface area contributed by atoms with Gasteiger partial charge in [0, 0.05) is 25.1 Å². The molecule has 0 fully saturated rings. The molecule has 0 unspecified atom stereocenters. The van der Waals surface area contributed by atoms with Crippen LogP contribution in [0.25, 0.3) is 0 Å². The summed E-state index contributed by atoms with van der Waals surface area (Å²) in [6.45, 7) is 2.36. The highest BCUT2D eigenvalue weighted by Crippen LogP contribution is 2.13. The summed E-state index contributed by atoms with van der Waals surface area (Å²) in [5, 5.41) is 3.23. The lowest BCUT2D eigenvalue weighted by atomic mass is 10.1. The van der Waals surface area contributed by atoms with Crippen molar-refractivity contribution in [3.05, 3.63) is 66.2 Å². The summed E-state index contributed by atoms with van der Waals surface area (Å²) in [7, 11) is 0. The Kier molecular flexibility index (Phi) is 14.1. The molecular weight excluding hydrogens is 430 g/mol. The molecule has 0 saturated carbocycles. The van der Waals surface area contributed by atoms with Crippen molar-refractivity contribution in [3.8, 4) is 5.75 Å². The minimum absolute atomic E-state index is 0.0142. The van der Waals surface area contributed by atoms with E-state index in [9.17, 15) is 9.59 Å². The maximum Gasteiger partial charge on any atom is 0.220 e. The second-order valence-corrected chi connectivity index (χ2v) is 9.69. The quantitative estimate of drug-likeness (QED) is 0.266. The SMILES string of the molecule is CC(=O)SC[C@@H](Cc1ccccc1)NC(=O)CCCCCCCCCCOc1ccccc1. The predicted molar refractivity (Wildman–Crippen MR) is 139 cm³/mol. The Balaban J connectivity index is 1.48. The molecule has 0 spiro atoms. The number of amides is 1.